The molecule has 4 aromatic carbocycles. The molecule has 0 saturated carbocycles. The van der Waals surface area contributed by atoms with Gasteiger partial charge in [0.25, 0.3) is 0 Å². The van der Waals surface area contributed by atoms with Crippen LogP contribution in [-0.2, 0) is 0 Å². The molecule has 0 amide bonds. The molecule has 0 aliphatic carbocycles. The average molecular weight is 374 g/mol. The van der Waals surface area contributed by atoms with Gasteiger partial charge in [0.05, 0.1) is 16.6 Å². The van der Waals surface area contributed by atoms with Crippen LogP contribution in [0.4, 0.5) is 0 Å². The van der Waals surface area contributed by atoms with Crippen LogP contribution in [0.15, 0.2) is 84.9 Å². The van der Waals surface area contributed by atoms with Crippen LogP contribution in [0.2, 0.25) is 0 Å². The Bertz CT molecular complexity index is 1720. The normalized spacial score (nSPS) is 12.3. The predicted octanol–water partition coefficient (Wildman–Crippen LogP) is 7.16. The summed E-state index contributed by atoms with van der Waals surface area (Å²) >= 11 is 1.87. The molecular weight excluding hydrogens is 360 g/mol. The second kappa shape index (κ2) is 5.09. The van der Waals surface area contributed by atoms with E-state index in [0.29, 0.717) is 0 Å². The molecule has 0 saturated heterocycles. The number of para-hydroxylation sites is 2. The van der Waals surface area contributed by atoms with Crippen molar-refractivity contribution < 1.29 is 0 Å². The average Bonchev–Trinajstić information content (AvgIpc) is 3.31. The molecule has 7 rings (SSSR count). The van der Waals surface area contributed by atoms with Gasteiger partial charge in [0.1, 0.15) is 5.65 Å². The third-order valence-corrected chi connectivity index (χ3v) is 6.89. The van der Waals surface area contributed by atoms with Gasteiger partial charge in [-0.05, 0) is 35.7 Å². The molecule has 0 bridgehead atoms. The molecule has 130 valence electrons. The molecule has 0 spiro atoms. The molecule has 3 aromatic heterocycles. The molecule has 3 heteroatoms. The van der Waals surface area contributed by atoms with Gasteiger partial charge in [-0.3, -0.25) is 4.40 Å². The molecule has 0 radical (unpaired) electrons. The maximum atomic E-state index is 4.99. The predicted molar refractivity (Wildman–Crippen MR) is 121 cm³/mol. The van der Waals surface area contributed by atoms with E-state index in [4.69, 9.17) is 4.98 Å². The van der Waals surface area contributed by atoms with Crippen molar-refractivity contribution in [2.75, 3.05) is 0 Å². The van der Waals surface area contributed by atoms with Crippen molar-refractivity contribution in [2.24, 2.45) is 0 Å². The lowest BCUT2D eigenvalue weighted by Gasteiger charge is -2.09. The number of fused-ring (bicyclic) bond motifs is 11. The van der Waals surface area contributed by atoms with Crippen LogP contribution < -0.4 is 0 Å². The topological polar surface area (TPSA) is 17.3 Å². The second-order valence-electron chi connectivity index (χ2n) is 7.27. The first kappa shape index (κ1) is 14.6. The van der Waals surface area contributed by atoms with Gasteiger partial charge in [-0.25, -0.2) is 4.98 Å². The zero-order valence-electron chi connectivity index (χ0n) is 14.9. The van der Waals surface area contributed by atoms with Gasteiger partial charge in [-0.2, -0.15) is 0 Å². The van der Waals surface area contributed by atoms with E-state index in [0.717, 1.165) is 16.7 Å². The summed E-state index contributed by atoms with van der Waals surface area (Å²) < 4.78 is 5.00. The summed E-state index contributed by atoms with van der Waals surface area (Å²) in [4.78, 5) is 4.99. The molecule has 3 heterocycles. The lowest BCUT2D eigenvalue weighted by atomic mass is 10.0. The van der Waals surface area contributed by atoms with Gasteiger partial charge in [0.2, 0.25) is 0 Å². The van der Waals surface area contributed by atoms with E-state index < -0.39 is 0 Å². The van der Waals surface area contributed by atoms with Crippen LogP contribution in [-0.4, -0.2) is 9.38 Å². The van der Waals surface area contributed by atoms with E-state index in [1.807, 2.05) is 11.3 Å². The largest absolute Gasteiger partial charge is 0.292 e. The van der Waals surface area contributed by atoms with E-state index in [1.54, 1.807) is 0 Å². The van der Waals surface area contributed by atoms with Crippen LogP contribution in [0.5, 0.6) is 0 Å². The third-order valence-electron chi connectivity index (χ3n) is 5.75. The van der Waals surface area contributed by atoms with E-state index in [2.05, 4.69) is 89.3 Å². The van der Waals surface area contributed by atoms with Crippen LogP contribution in [0.1, 0.15) is 0 Å². The molecule has 0 N–H and O–H groups in total. The first-order valence-corrected chi connectivity index (χ1v) is 10.2. The first-order chi connectivity index (χ1) is 13.9. The Morgan fingerprint density at radius 3 is 2.25 bits per heavy atom. The third kappa shape index (κ3) is 1.75. The number of imidazole rings is 1. The van der Waals surface area contributed by atoms with E-state index >= 15 is 0 Å². The van der Waals surface area contributed by atoms with Crippen LogP contribution in [0, 0.1) is 0 Å². The van der Waals surface area contributed by atoms with Crippen molar-refractivity contribution in [1.29, 1.82) is 0 Å². The Hall–Kier alpha value is -3.43. The Morgan fingerprint density at radius 1 is 0.571 bits per heavy atom. The molecule has 0 fully saturated rings. The lowest BCUT2D eigenvalue weighted by Crippen LogP contribution is -1.91. The molecule has 7 aromatic rings. The van der Waals surface area contributed by atoms with Crippen LogP contribution in [0.25, 0.3) is 58.5 Å². The van der Waals surface area contributed by atoms with E-state index in [-0.39, 0.29) is 0 Å². The molecule has 0 atom stereocenters. The minimum absolute atomic E-state index is 1.03. The number of hydrogen-bond donors (Lipinski definition) is 0. The van der Waals surface area contributed by atoms with Crippen molar-refractivity contribution in [3.05, 3.63) is 84.9 Å². The molecule has 0 aliphatic heterocycles. The number of rotatable bonds is 0. The summed E-state index contributed by atoms with van der Waals surface area (Å²) in [7, 11) is 0. The quantitative estimate of drug-likeness (QED) is 0.257. The van der Waals surface area contributed by atoms with Crippen molar-refractivity contribution in [2.45, 2.75) is 0 Å². The molecular formula is C25H14N2S. The number of aromatic nitrogens is 2. The van der Waals surface area contributed by atoms with Crippen molar-refractivity contribution >= 4 is 69.9 Å². The molecule has 0 unspecified atom stereocenters. The number of benzene rings is 4. The van der Waals surface area contributed by atoms with Gasteiger partial charge in [-0.15, -0.1) is 11.3 Å². The highest BCUT2D eigenvalue weighted by Crippen LogP contribution is 2.39. The molecule has 0 aliphatic rings. The van der Waals surface area contributed by atoms with Gasteiger partial charge in [0.15, 0.2) is 0 Å². The van der Waals surface area contributed by atoms with Gasteiger partial charge in [0, 0.05) is 30.9 Å². The first-order valence-electron chi connectivity index (χ1n) is 9.41. The lowest BCUT2D eigenvalue weighted by molar-refractivity contribution is 1.32. The van der Waals surface area contributed by atoms with Crippen LogP contribution in [0.3, 0.4) is 0 Å². The van der Waals surface area contributed by atoms with E-state index in [9.17, 15) is 0 Å². The van der Waals surface area contributed by atoms with Gasteiger partial charge >= 0.3 is 0 Å². The summed E-state index contributed by atoms with van der Waals surface area (Å²) in [6, 6.07) is 30.5. The monoisotopic (exact) mass is 374 g/mol. The fourth-order valence-corrected chi connectivity index (χ4v) is 5.65. The van der Waals surface area contributed by atoms with Crippen molar-refractivity contribution in [1.82, 2.24) is 9.38 Å². The standard InChI is InChI=1S/C25H14N2S/c1-2-9-17-15(7-1)18-14-24-19(16-8-3-6-12-23(16)28-24)13-22(18)27-21-11-5-4-10-20(21)26-25(17)27/h1-14H. The minimum Gasteiger partial charge on any atom is -0.292 e. The second-order valence-corrected chi connectivity index (χ2v) is 8.35. The highest BCUT2D eigenvalue weighted by atomic mass is 32.1. The smallest absolute Gasteiger partial charge is 0.146 e. The van der Waals surface area contributed by atoms with Gasteiger partial charge in [-0.1, -0.05) is 54.6 Å². The van der Waals surface area contributed by atoms with Crippen LogP contribution >= 0.6 is 11.3 Å². The maximum Gasteiger partial charge on any atom is 0.146 e. The Balaban J connectivity index is 1.85. The highest BCUT2D eigenvalue weighted by Gasteiger charge is 2.15. The SMILES string of the molecule is c1ccc2c(c1)nc1c3ccccc3c3cc4sc5ccccc5c4cc3n21. The number of pyridine rings is 1. The fraction of sp³-hybridized carbons (Fsp3) is 0. The molecule has 28 heavy (non-hydrogen) atoms. The Labute approximate surface area is 164 Å². The van der Waals surface area contributed by atoms with Crippen molar-refractivity contribution in [3.63, 3.8) is 0 Å². The zero-order chi connectivity index (χ0) is 18.2. The maximum absolute atomic E-state index is 4.99. The summed E-state index contributed by atoms with van der Waals surface area (Å²) in [6.45, 7) is 0. The van der Waals surface area contributed by atoms with Gasteiger partial charge < -0.3 is 0 Å². The summed E-state index contributed by atoms with van der Waals surface area (Å²) in [5, 5.41) is 6.40. The number of nitrogens with zero attached hydrogens (tertiary/aromatic N) is 2. The van der Waals surface area contributed by atoms with Crippen molar-refractivity contribution in [3.8, 4) is 0 Å². The van der Waals surface area contributed by atoms with E-state index in [1.165, 1.54) is 41.8 Å². The highest BCUT2D eigenvalue weighted by molar-refractivity contribution is 7.25. The summed E-state index contributed by atoms with van der Waals surface area (Å²) in [6.07, 6.45) is 0. The Kier molecular flexibility index (Phi) is 2.65. The zero-order valence-corrected chi connectivity index (χ0v) is 15.7. The molecule has 2 nitrogen and oxygen atoms in total. The minimum atomic E-state index is 1.03. The summed E-state index contributed by atoms with van der Waals surface area (Å²) in [5.74, 6) is 0. The summed E-state index contributed by atoms with van der Waals surface area (Å²) in [5.41, 5.74) is 4.45. The number of hydrogen-bond acceptors (Lipinski definition) is 2. The Morgan fingerprint density at radius 2 is 1.32 bits per heavy atom. The number of thiophene rings is 1. The fourth-order valence-electron chi connectivity index (χ4n) is 4.52.